The minimum Gasteiger partial charge on any atom is -0.450 e. The second-order valence-electron chi connectivity index (χ2n) is 23.4. The fraction of sp³-hybridized carbons (Fsp3) is 0.167. The minimum atomic E-state index is -1.29. The number of carbonyl (C=O) groups excluding carboxylic acids is 4. The Morgan fingerprint density at radius 3 is 0.656 bits per heavy atom. The fourth-order valence-corrected chi connectivity index (χ4v) is 12.5. The lowest BCUT2D eigenvalue weighted by Crippen LogP contribution is -2.42. The molecule has 2 heterocycles. The standard InChI is InChI=1S/C72H50F8N2O8/c1-31(2)35-15-9-16-36(32(3)4)63(35)81-69(83)39-27-51(87-65-43(73)19-11-20-44(65)74)57-59-53(89-67-47(77)23-13-24-48(67)78)29-41-56-42(72(86)82(71(41)85)64-37(33(5)6)17-10-18-38(64)34(7)8)30-54(90-68-49(79)25-14-26-50(68)80)60(62(56)59)58-52(28-40(70(81)84)55(39)61(57)58)88-66-45(75)21-12-22-46(66)76/h9-34H,1-8H3. The molecule has 11 aromatic carbocycles. The van der Waals surface area contributed by atoms with Gasteiger partial charge in [-0.1, -0.05) is 116 Å². The van der Waals surface area contributed by atoms with Gasteiger partial charge in [-0.15, -0.1) is 0 Å². The van der Waals surface area contributed by atoms with Gasteiger partial charge in [-0.05, 0) is 119 Å². The van der Waals surface area contributed by atoms with Crippen molar-refractivity contribution in [3.63, 3.8) is 0 Å². The van der Waals surface area contributed by atoms with Gasteiger partial charge in [-0.25, -0.2) is 44.9 Å². The fourth-order valence-electron chi connectivity index (χ4n) is 12.5. The minimum absolute atomic E-state index is 0.163. The number of halogens is 8. The van der Waals surface area contributed by atoms with Crippen molar-refractivity contribution in [2.24, 2.45) is 0 Å². The highest BCUT2D eigenvalue weighted by molar-refractivity contribution is 6.48. The molecule has 90 heavy (non-hydrogen) atoms. The molecule has 10 nitrogen and oxygen atoms in total. The van der Waals surface area contributed by atoms with E-state index in [0.717, 1.165) is 107 Å². The van der Waals surface area contributed by atoms with Gasteiger partial charge in [-0.2, -0.15) is 0 Å². The highest BCUT2D eigenvalue weighted by atomic mass is 19.2. The molecule has 2 aliphatic rings. The molecule has 0 spiro atoms. The molecule has 0 radical (unpaired) electrons. The van der Waals surface area contributed by atoms with Gasteiger partial charge in [0.05, 0.1) is 33.6 Å². The summed E-state index contributed by atoms with van der Waals surface area (Å²) in [6, 6.07) is 25.8. The largest absolute Gasteiger partial charge is 0.450 e. The molecule has 4 amide bonds. The number of fused-ring (bicyclic) bond motifs is 2. The molecule has 0 N–H and O–H groups in total. The second kappa shape index (κ2) is 21.7. The molecular formula is C72H50F8N2O8. The van der Waals surface area contributed by atoms with E-state index < -0.39 is 171 Å². The molecule has 0 saturated heterocycles. The molecule has 0 saturated carbocycles. The summed E-state index contributed by atoms with van der Waals surface area (Å²) in [6.45, 7) is 14.7. The quantitative estimate of drug-likeness (QED) is 0.0458. The smallest absolute Gasteiger partial charge is 0.266 e. The first kappa shape index (κ1) is 58.6. The molecule has 0 unspecified atom stereocenters. The third-order valence-electron chi connectivity index (χ3n) is 16.6. The Hall–Kier alpha value is -10.4. The maximum atomic E-state index is 16.5. The van der Waals surface area contributed by atoms with Crippen molar-refractivity contribution < 1.29 is 73.2 Å². The van der Waals surface area contributed by atoms with Crippen molar-refractivity contribution in [2.45, 2.75) is 79.1 Å². The molecule has 18 heteroatoms. The van der Waals surface area contributed by atoms with E-state index in [1.165, 1.54) is 0 Å². The SMILES string of the molecule is CC(C)c1cccc(C(C)C)c1N1C(=O)c2cc(Oc3c(F)cccc3F)c3c4c(Oc5c(F)cccc5F)cc5c6c(cc(Oc7c(F)cccc7F)c(c7c(Oc8c(F)cccc8F)cc(c2c37)C1=O)c64)C(=O)N(c1c(C(C)C)cccc1C(C)C)C5=O. The summed E-state index contributed by atoms with van der Waals surface area (Å²) in [6.07, 6.45) is 0. The number of para-hydroxylation sites is 6. The number of benzene rings is 11. The Kier molecular flexibility index (Phi) is 14.2. The predicted octanol–water partition coefficient (Wildman–Crippen LogP) is 20.1. The van der Waals surface area contributed by atoms with Crippen molar-refractivity contribution in [3.8, 4) is 46.0 Å². The van der Waals surface area contributed by atoms with Crippen LogP contribution in [0.4, 0.5) is 46.5 Å². The zero-order chi connectivity index (χ0) is 63.8. The lowest BCUT2D eigenvalue weighted by molar-refractivity contribution is 0.0877. The van der Waals surface area contributed by atoms with Gasteiger partial charge in [0.1, 0.15) is 23.0 Å². The molecule has 2 aliphatic heterocycles. The van der Waals surface area contributed by atoms with Crippen molar-refractivity contribution in [2.75, 3.05) is 9.80 Å². The van der Waals surface area contributed by atoms with Crippen LogP contribution in [0.15, 0.2) is 133 Å². The lowest BCUT2D eigenvalue weighted by Gasteiger charge is -2.35. The molecule has 0 aromatic heterocycles. The first-order valence-electron chi connectivity index (χ1n) is 28.8. The summed E-state index contributed by atoms with van der Waals surface area (Å²) in [5.41, 5.74) is 0.823. The Morgan fingerprint density at radius 1 is 0.278 bits per heavy atom. The first-order chi connectivity index (χ1) is 43.0. The van der Waals surface area contributed by atoms with Gasteiger partial charge >= 0.3 is 0 Å². The molecule has 0 atom stereocenters. The number of anilines is 2. The van der Waals surface area contributed by atoms with E-state index in [9.17, 15) is 0 Å². The van der Waals surface area contributed by atoms with Gasteiger partial charge in [0.25, 0.3) is 23.6 Å². The summed E-state index contributed by atoms with van der Waals surface area (Å²) in [4.78, 5) is 66.1. The molecular weight excluding hydrogens is 1170 g/mol. The van der Waals surface area contributed by atoms with Crippen LogP contribution >= 0.6 is 0 Å². The molecule has 13 rings (SSSR count). The Morgan fingerprint density at radius 2 is 0.467 bits per heavy atom. The highest BCUT2D eigenvalue weighted by Crippen LogP contribution is 2.59. The highest BCUT2D eigenvalue weighted by Gasteiger charge is 2.45. The summed E-state index contributed by atoms with van der Waals surface area (Å²) in [5.74, 6) is -22.8. The van der Waals surface area contributed by atoms with E-state index in [4.69, 9.17) is 18.9 Å². The third kappa shape index (κ3) is 8.96. The van der Waals surface area contributed by atoms with Crippen LogP contribution in [-0.2, 0) is 0 Å². The second-order valence-corrected chi connectivity index (χ2v) is 23.4. The maximum absolute atomic E-state index is 16.5. The summed E-state index contributed by atoms with van der Waals surface area (Å²) >= 11 is 0. The number of rotatable bonds is 14. The molecule has 0 bridgehead atoms. The van der Waals surface area contributed by atoms with Crippen LogP contribution in [0.25, 0.3) is 43.1 Å². The number of ether oxygens (including phenoxy) is 4. The van der Waals surface area contributed by atoms with Crippen LogP contribution in [0.1, 0.15) is 143 Å². The Labute approximate surface area is 508 Å². The Bertz CT molecular complexity index is 4290. The summed E-state index contributed by atoms with van der Waals surface area (Å²) in [5, 5.41) is -3.20. The van der Waals surface area contributed by atoms with Gasteiger partial charge in [0.15, 0.2) is 69.5 Å². The third-order valence-corrected chi connectivity index (χ3v) is 16.6. The number of imide groups is 2. The first-order valence-corrected chi connectivity index (χ1v) is 28.8. The lowest BCUT2D eigenvalue weighted by atomic mass is 9.80. The zero-order valence-corrected chi connectivity index (χ0v) is 49.2. The van der Waals surface area contributed by atoms with E-state index in [1.807, 2.05) is 55.4 Å². The maximum Gasteiger partial charge on any atom is 0.266 e. The molecule has 11 aromatic rings. The number of amides is 4. The van der Waals surface area contributed by atoms with Gasteiger partial charge in [-0.3, -0.25) is 19.2 Å². The number of hydrogen-bond acceptors (Lipinski definition) is 8. The number of hydrogen-bond donors (Lipinski definition) is 0. The average molecular weight is 1220 g/mol. The van der Waals surface area contributed by atoms with E-state index in [0.29, 0.717) is 22.3 Å². The van der Waals surface area contributed by atoms with Gasteiger partial charge in [0, 0.05) is 43.1 Å². The zero-order valence-electron chi connectivity index (χ0n) is 49.2. The van der Waals surface area contributed by atoms with Crippen LogP contribution in [0.2, 0.25) is 0 Å². The van der Waals surface area contributed by atoms with Crippen LogP contribution in [0.5, 0.6) is 46.0 Å². The number of carbonyl (C=O) groups is 4. The number of nitrogens with zero attached hydrogens (tertiary/aromatic N) is 2. The molecule has 452 valence electrons. The van der Waals surface area contributed by atoms with Crippen molar-refractivity contribution in [1.82, 2.24) is 0 Å². The molecule has 0 fully saturated rings. The van der Waals surface area contributed by atoms with E-state index in [1.54, 1.807) is 36.4 Å². The normalized spacial score (nSPS) is 13.3. The average Bonchev–Trinajstić information content (AvgIpc) is 0.674. The van der Waals surface area contributed by atoms with Crippen LogP contribution < -0.4 is 28.7 Å². The van der Waals surface area contributed by atoms with Gasteiger partial charge < -0.3 is 18.9 Å². The van der Waals surface area contributed by atoms with Crippen LogP contribution in [-0.4, -0.2) is 23.6 Å². The van der Waals surface area contributed by atoms with E-state index in [-0.39, 0.29) is 45.8 Å². The summed E-state index contributed by atoms with van der Waals surface area (Å²) in [7, 11) is 0. The van der Waals surface area contributed by atoms with Crippen molar-refractivity contribution in [3.05, 3.63) is 225 Å². The summed E-state index contributed by atoms with van der Waals surface area (Å²) < 4.78 is 157. The monoisotopic (exact) mass is 1220 g/mol. The van der Waals surface area contributed by atoms with Crippen molar-refractivity contribution in [1.29, 1.82) is 0 Å². The van der Waals surface area contributed by atoms with E-state index in [2.05, 4.69) is 0 Å². The Balaban J connectivity index is 1.31. The van der Waals surface area contributed by atoms with Crippen LogP contribution in [0.3, 0.4) is 0 Å². The van der Waals surface area contributed by atoms with Crippen LogP contribution in [0, 0.1) is 46.5 Å². The van der Waals surface area contributed by atoms with Crippen molar-refractivity contribution >= 4 is 78.1 Å². The topological polar surface area (TPSA) is 112 Å². The molecule has 0 aliphatic carbocycles. The van der Waals surface area contributed by atoms with Gasteiger partial charge in [0.2, 0.25) is 0 Å². The predicted molar refractivity (Wildman–Crippen MR) is 325 cm³/mol. The van der Waals surface area contributed by atoms with E-state index >= 15 is 54.3 Å².